The second-order valence-corrected chi connectivity index (χ2v) is 8.48. The Labute approximate surface area is 166 Å². The summed E-state index contributed by atoms with van der Waals surface area (Å²) in [6, 6.07) is 9.54. The first-order chi connectivity index (χ1) is 13.5. The number of likely N-dealkylation sites (tertiary alicyclic amines) is 1. The molecule has 1 saturated carbocycles. The molecule has 2 amide bonds. The Morgan fingerprint density at radius 2 is 1.89 bits per heavy atom. The van der Waals surface area contributed by atoms with Gasteiger partial charge in [0.25, 0.3) is 0 Å². The van der Waals surface area contributed by atoms with Crippen molar-refractivity contribution in [1.29, 1.82) is 0 Å². The maximum Gasteiger partial charge on any atom is 0.244 e. The molecular weight excluding hydrogens is 354 g/mol. The number of nitrogens with zero attached hydrogens (tertiary/aromatic N) is 1. The third-order valence-corrected chi connectivity index (χ3v) is 6.59. The molecule has 1 aliphatic carbocycles. The largest absolute Gasteiger partial charge is 0.343 e. The van der Waals surface area contributed by atoms with Gasteiger partial charge < -0.3 is 16.0 Å². The normalized spacial score (nSPS) is 33.4. The van der Waals surface area contributed by atoms with Crippen LogP contribution in [0.4, 0.5) is 0 Å². The second kappa shape index (κ2) is 8.19. The Balaban J connectivity index is 1.34. The number of hydrogen-bond donors (Lipinski definition) is 4. The number of hydrazine groups is 1. The molecule has 28 heavy (non-hydrogen) atoms. The van der Waals surface area contributed by atoms with Crippen LogP contribution in [0, 0.1) is 5.92 Å². The molecule has 2 saturated heterocycles. The summed E-state index contributed by atoms with van der Waals surface area (Å²) >= 11 is 0. The third kappa shape index (κ3) is 3.79. The van der Waals surface area contributed by atoms with Crippen LogP contribution in [0.25, 0.3) is 0 Å². The van der Waals surface area contributed by atoms with Gasteiger partial charge >= 0.3 is 0 Å². The van der Waals surface area contributed by atoms with E-state index in [0.717, 1.165) is 24.8 Å². The minimum Gasteiger partial charge on any atom is -0.343 e. The number of fused-ring (bicyclic) bond motifs is 1. The minimum absolute atomic E-state index is 0.0617. The average molecular weight is 386 g/mol. The van der Waals surface area contributed by atoms with Crippen molar-refractivity contribution >= 4 is 11.8 Å². The number of nitrogens with two attached hydrogens (primary N) is 1. The van der Waals surface area contributed by atoms with Gasteiger partial charge in [0.15, 0.2) is 0 Å². The monoisotopic (exact) mass is 385 g/mol. The van der Waals surface area contributed by atoms with Gasteiger partial charge in [0, 0.05) is 37.0 Å². The molecule has 0 aromatic heterocycles. The van der Waals surface area contributed by atoms with Crippen LogP contribution in [0.5, 0.6) is 0 Å². The van der Waals surface area contributed by atoms with E-state index in [2.05, 4.69) is 28.3 Å². The lowest BCUT2D eigenvalue weighted by Gasteiger charge is -2.28. The van der Waals surface area contributed by atoms with Crippen LogP contribution in [0.15, 0.2) is 30.3 Å². The van der Waals surface area contributed by atoms with Gasteiger partial charge in [-0.1, -0.05) is 43.2 Å². The highest BCUT2D eigenvalue weighted by molar-refractivity contribution is 5.90. The highest BCUT2D eigenvalue weighted by atomic mass is 16.2. The number of nitrogens with one attached hydrogen (secondary N) is 3. The van der Waals surface area contributed by atoms with Crippen LogP contribution in [-0.4, -0.2) is 54.0 Å². The van der Waals surface area contributed by atoms with Crippen LogP contribution in [0.3, 0.4) is 0 Å². The maximum atomic E-state index is 12.9. The molecule has 1 aromatic rings. The standard InChI is InChI=1S/C21H31N5O2/c1-13(23-20(27)19-15-9-5-6-10-18(15)24-25-19)21(28)26-11-16(17(22)12-26)14-7-3-2-4-8-14/h2-4,7-8,13,15-19,24-25H,5-6,9-12,22H2,1H3,(H,23,27)/t13?,15?,16-,17+,18?,19?/m0/s1. The van der Waals surface area contributed by atoms with Crippen molar-refractivity contribution in [2.75, 3.05) is 13.1 Å². The molecule has 2 aliphatic heterocycles. The lowest BCUT2D eigenvalue weighted by Crippen LogP contribution is -2.53. The van der Waals surface area contributed by atoms with Crippen LogP contribution in [0.1, 0.15) is 44.1 Å². The van der Waals surface area contributed by atoms with E-state index < -0.39 is 6.04 Å². The van der Waals surface area contributed by atoms with E-state index in [9.17, 15) is 9.59 Å². The van der Waals surface area contributed by atoms with Crippen LogP contribution < -0.4 is 21.9 Å². The molecule has 2 heterocycles. The number of rotatable bonds is 4. The molecule has 0 bridgehead atoms. The smallest absolute Gasteiger partial charge is 0.244 e. The van der Waals surface area contributed by atoms with Gasteiger partial charge in [0.1, 0.15) is 12.1 Å². The van der Waals surface area contributed by atoms with Crippen molar-refractivity contribution in [3.8, 4) is 0 Å². The van der Waals surface area contributed by atoms with E-state index in [0.29, 0.717) is 25.0 Å². The lowest BCUT2D eigenvalue weighted by molar-refractivity contribution is -0.135. The van der Waals surface area contributed by atoms with E-state index in [1.807, 2.05) is 18.2 Å². The quantitative estimate of drug-likeness (QED) is 0.604. The highest BCUT2D eigenvalue weighted by Gasteiger charge is 2.42. The molecule has 3 fully saturated rings. The number of carbonyl (C=O) groups excluding carboxylic acids is 2. The van der Waals surface area contributed by atoms with Gasteiger partial charge in [-0.15, -0.1) is 0 Å². The SMILES string of the molecule is CC(NC(=O)C1NNC2CCCCC21)C(=O)N1C[C@@H](N)[C@H](c2ccccc2)C1. The fourth-order valence-corrected chi connectivity index (χ4v) is 5.00. The van der Waals surface area contributed by atoms with Crippen LogP contribution >= 0.6 is 0 Å². The Morgan fingerprint density at radius 1 is 1.14 bits per heavy atom. The summed E-state index contributed by atoms with van der Waals surface area (Å²) in [5, 5.41) is 2.93. The van der Waals surface area contributed by atoms with Gasteiger partial charge in [-0.2, -0.15) is 0 Å². The number of amides is 2. The molecule has 3 aliphatic rings. The van der Waals surface area contributed by atoms with E-state index in [-0.39, 0.29) is 29.8 Å². The third-order valence-electron chi connectivity index (χ3n) is 6.59. The molecular formula is C21H31N5O2. The number of hydrogen-bond acceptors (Lipinski definition) is 5. The zero-order valence-corrected chi connectivity index (χ0v) is 16.4. The summed E-state index contributed by atoms with van der Waals surface area (Å²) in [6.45, 7) is 2.88. The zero-order valence-electron chi connectivity index (χ0n) is 16.4. The van der Waals surface area contributed by atoms with Crippen LogP contribution in [-0.2, 0) is 9.59 Å². The average Bonchev–Trinajstić information content (AvgIpc) is 3.31. The van der Waals surface area contributed by atoms with Gasteiger partial charge in [-0.05, 0) is 25.3 Å². The van der Waals surface area contributed by atoms with Gasteiger partial charge in [0.2, 0.25) is 11.8 Å². The predicted molar refractivity (Wildman–Crippen MR) is 107 cm³/mol. The van der Waals surface area contributed by atoms with E-state index >= 15 is 0 Å². The molecule has 4 rings (SSSR count). The number of carbonyl (C=O) groups is 2. The Kier molecular flexibility index (Phi) is 5.66. The molecule has 5 N–H and O–H groups in total. The first-order valence-electron chi connectivity index (χ1n) is 10.5. The van der Waals surface area contributed by atoms with E-state index in [4.69, 9.17) is 5.73 Å². The maximum absolute atomic E-state index is 12.9. The summed E-state index contributed by atoms with van der Waals surface area (Å²) in [6.07, 6.45) is 4.51. The second-order valence-electron chi connectivity index (χ2n) is 8.48. The van der Waals surface area contributed by atoms with Crippen molar-refractivity contribution in [3.63, 3.8) is 0 Å². The fourth-order valence-electron chi connectivity index (χ4n) is 5.00. The van der Waals surface area contributed by atoms with Gasteiger partial charge in [-0.25, -0.2) is 5.43 Å². The summed E-state index contributed by atoms with van der Waals surface area (Å²) in [4.78, 5) is 27.5. The summed E-state index contributed by atoms with van der Waals surface area (Å²) in [5.74, 6) is 0.287. The van der Waals surface area contributed by atoms with Crippen molar-refractivity contribution in [3.05, 3.63) is 35.9 Å². The first kappa shape index (κ1) is 19.4. The van der Waals surface area contributed by atoms with Gasteiger partial charge in [0.05, 0.1) is 0 Å². The molecule has 6 atom stereocenters. The van der Waals surface area contributed by atoms with E-state index in [1.165, 1.54) is 6.42 Å². The molecule has 1 aromatic carbocycles. The Morgan fingerprint density at radius 3 is 2.68 bits per heavy atom. The van der Waals surface area contributed by atoms with Crippen molar-refractivity contribution in [1.82, 2.24) is 21.1 Å². The molecule has 7 heteroatoms. The zero-order chi connectivity index (χ0) is 19.7. The molecule has 4 unspecified atom stereocenters. The highest BCUT2D eigenvalue weighted by Crippen LogP contribution is 2.30. The van der Waals surface area contributed by atoms with E-state index in [1.54, 1.807) is 11.8 Å². The summed E-state index contributed by atoms with van der Waals surface area (Å²) in [5.41, 5.74) is 13.9. The molecule has 152 valence electrons. The minimum atomic E-state index is -0.557. The summed E-state index contributed by atoms with van der Waals surface area (Å²) in [7, 11) is 0. The molecule has 7 nitrogen and oxygen atoms in total. The lowest BCUT2D eigenvalue weighted by atomic mass is 9.81. The molecule has 0 radical (unpaired) electrons. The fraction of sp³-hybridized carbons (Fsp3) is 0.619. The van der Waals surface area contributed by atoms with Crippen molar-refractivity contribution in [2.24, 2.45) is 11.7 Å². The van der Waals surface area contributed by atoms with Crippen LogP contribution in [0.2, 0.25) is 0 Å². The number of benzene rings is 1. The van der Waals surface area contributed by atoms with Crippen molar-refractivity contribution < 1.29 is 9.59 Å². The molecule has 0 spiro atoms. The topological polar surface area (TPSA) is 99.5 Å². The van der Waals surface area contributed by atoms with Gasteiger partial charge in [-0.3, -0.25) is 15.0 Å². The Bertz CT molecular complexity index is 712. The Hall–Kier alpha value is -1.96. The van der Waals surface area contributed by atoms with Crippen molar-refractivity contribution in [2.45, 2.75) is 62.7 Å². The predicted octanol–water partition coefficient (Wildman–Crippen LogP) is 0.480. The first-order valence-corrected chi connectivity index (χ1v) is 10.5. The summed E-state index contributed by atoms with van der Waals surface area (Å²) < 4.78 is 0.